The van der Waals surface area contributed by atoms with E-state index in [0.717, 1.165) is 67.1 Å². The molecule has 350 valence electrons. The van der Waals surface area contributed by atoms with Gasteiger partial charge in [-0.15, -0.1) is 47.0 Å². The largest absolute Gasteiger partial charge is 0.509 e. The van der Waals surface area contributed by atoms with Crippen LogP contribution in [0.25, 0.3) is 55.1 Å². The predicted octanol–water partition coefficient (Wildman–Crippen LogP) is 15.9. The number of anilines is 3. The number of benzene rings is 7. The van der Waals surface area contributed by atoms with Gasteiger partial charge >= 0.3 is 0 Å². The quantitative estimate of drug-likeness (QED) is 0.149. The van der Waals surface area contributed by atoms with E-state index in [1.54, 1.807) is 0 Å². The van der Waals surface area contributed by atoms with Crippen molar-refractivity contribution in [3.63, 3.8) is 0 Å². The zero-order chi connectivity index (χ0) is 47.4. The number of rotatable bonds is 7. The summed E-state index contributed by atoms with van der Waals surface area (Å²) in [5, 5.41) is 4.73. The van der Waals surface area contributed by atoms with E-state index >= 15 is 0 Å². The maximum Gasteiger partial charge on any atom is 0.140 e. The van der Waals surface area contributed by atoms with Crippen LogP contribution in [0.4, 0.5) is 17.1 Å². The van der Waals surface area contributed by atoms with Crippen LogP contribution in [0.1, 0.15) is 88.8 Å². The summed E-state index contributed by atoms with van der Waals surface area (Å²) < 4.78 is 11.8. The van der Waals surface area contributed by atoms with Gasteiger partial charge in [0.1, 0.15) is 5.82 Å². The molecule has 0 radical (unpaired) electrons. The molecule has 0 saturated heterocycles. The zero-order valence-corrected chi connectivity index (χ0v) is 43.7. The second kappa shape index (κ2) is 16.8. The molecule has 11 rings (SSSR count). The SMILES string of the molecule is Cc1cnc(-n2c3[c-]c(Oc4[c-]c(N5[CH-]N(C)c6ccccc65)cc(C(C)(C)c5ccccc5)c4)ccc3c3ccccc32)c(C)c1-n1c2c(C(C)(C)C)cccc2c2cccc(C(C)(C)C)c21.[Pt]. The number of ether oxygens (including phenoxy) is 1. The van der Waals surface area contributed by atoms with Gasteiger partial charge in [-0.05, 0) is 83.0 Å². The molecule has 7 aromatic carbocycles. The number of pyridine rings is 1. The molecule has 7 heteroatoms. The van der Waals surface area contributed by atoms with Gasteiger partial charge in [0.25, 0.3) is 0 Å². The van der Waals surface area contributed by atoms with E-state index in [1.807, 2.05) is 6.07 Å². The number of para-hydroxylation sites is 5. The number of aromatic nitrogens is 3. The summed E-state index contributed by atoms with van der Waals surface area (Å²) >= 11 is 0. The Morgan fingerprint density at radius 1 is 0.565 bits per heavy atom. The Balaban J connectivity index is 0.00000553. The molecule has 4 heterocycles. The normalized spacial score (nSPS) is 13.2. The summed E-state index contributed by atoms with van der Waals surface area (Å²) in [4.78, 5) is 9.68. The summed E-state index contributed by atoms with van der Waals surface area (Å²) in [6, 6.07) is 57.5. The van der Waals surface area contributed by atoms with Crippen LogP contribution in [0.3, 0.4) is 0 Å². The number of hydrogen-bond donors (Lipinski definition) is 0. The van der Waals surface area contributed by atoms with Crippen molar-refractivity contribution >= 4 is 60.7 Å². The van der Waals surface area contributed by atoms with Gasteiger partial charge in [-0.1, -0.05) is 158 Å². The first-order valence-electron chi connectivity index (χ1n) is 23.8. The minimum absolute atomic E-state index is 0. The maximum atomic E-state index is 6.98. The van der Waals surface area contributed by atoms with E-state index in [1.165, 1.54) is 38.5 Å². The number of fused-ring (bicyclic) bond motifs is 7. The van der Waals surface area contributed by atoms with Crippen LogP contribution in [0.5, 0.6) is 11.5 Å². The molecule has 0 aliphatic carbocycles. The van der Waals surface area contributed by atoms with E-state index in [-0.39, 0.29) is 37.3 Å². The molecule has 0 saturated carbocycles. The molecule has 0 N–H and O–H groups in total. The van der Waals surface area contributed by atoms with Crippen molar-refractivity contribution in [1.29, 1.82) is 0 Å². The summed E-state index contributed by atoms with van der Waals surface area (Å²) in [7, 11) is 2.08. The van der Waals surface area contributed by atoms with Gasteiger partial charge in [0.05, 0.1) is 16.7 Å². The molecule has 10 aromatic rings. The molecular weight excluding hydrogens is 1030 g/mol. The Bertz CT molecular complexity index is 3550. The van der Waals surface area contributed by atoms with Crippen molar-refractivity contribution in [2.75, 3.05) is 16.8 Å². The van der Waals surface area contributed by atoms with E-state index in [2.05, 4.69) is 254 Å². The fourth-order valence-electron chi connectivity index (χ4n) is 10.7. The van der Waals surface area contributed by atoms with Gasteiger partial charge in [-0.25, -0.2) is 4.98 Å². The Labute approximate surface area is 421 Å². The van der Waals surface area contributed by atoms with Gasteiger partial charge in [-0.2, -0.15) is 12.7 Å². The average Bonchev–Trinajstić information content (AvgIpc) is 3.96. The summed E-state index contributed by atoms with van der Waals surface area (Å²) in [5.74, 6) is 2.07. The third-order valence-corrected chi connectivity index (χ3v) is 14.2. The number of hydrogen-bond acceptors (Lipinski definition) is 4. The molecule has 3 aromatic heterocycles. The van der Waals surface area contributed by atoms with Gasteiger partial charge in [0.15, 0.2) is 0 Å². The Morgan fingerprint density at radius 2 is 1.17 bits per heavy atom. The predicted molar refractivity (Wildman–Crippen MR) is 284 cm³/mol. The second-order valence-corrected chi connectivity index (χ2v) is 21.2. The molecule has 0 atom stereocenters. The van der Waals surface area contributed by atoms with Gasteiger partial charge < -0.3 is 23.7 Å². The molecule has 0 amide bonds. The standard InChI is InChI=1S/C62H58N5O.Pt/c1-39-37-63-59(40(2)56(39)67-57-48(24-19-26-50(57)60(3,4)5)49-25-20-27-51(58(49)67)61(6,7)8)66-52-28-16-15-23-46(52)47-32-31-44(36-55(47)66)68-45-34-42(62(9,10)41-21-13-12-14-22-41)33-43(35-45)65-38-64(11)53-29-17-18-30-54(53)65;/h12-34,37-38H,1-11H3;/q-3;. The van der Waals surface area contributed by atoms with Crippen LogP contribution in [0.15, 0.2) is 146 Å². The van der Waals surface area contributed by atoms with Crippen molar-refractivity contribution in [1.82, 2.24) is 14.1 Å². The van der Waals surface area contributed by atoms with Crippen LogP contribution >= 0.6 is 0 Å². The molecule has 0 bridgehead atoms. The smallest absolute Gasteiger partial charge is 0.140 e. The number of nitrogens with zero attached hydrogens (tertiary/aromatic N) is 5. The third kappa shape index (κ3) is 7.54. The molecule has 6 nitrogen and oxygen atoms in total. The van der Waals surface area contributed by atoms with Crippen molar-refractivity contribution < 1.29 is 25.8 Å². The Hall–Kier alpha value is -6.62. The Morgan fingerprint density at radius 3 is 1.84 bits per heavy atom. The zero-order valence-electron chi connectivity index (χ0n) is 41.4. The first-order valence-corrected chi connectivity index (χ1v) is 23.8. The summed E-state index contributed by atoms with van der Waals surface area (Å²) in [6.45, 7) is 25.0. The van der Waals surface area contributed by atoms with E-state index in [4.69, 9.17) is 9.72 Å². The van der Waals surface area contributed by atoms with Gasteiger partial charge in [0.2, 0.25) is 0 Å². The molecule has 0 fully saturated rings. The summed E-state index contributed by atoms with van der Waals surface area (Å²) in [5.41, 5.74) is 15.3. The minimum atomic E-state index is -0.335. The molecule has 0 unspecified atom stereocenters. The van der Waals surface area contributed by atoms with E-state index < -0.39 is 0 Å². The molecular formula is C62H58N5OPt-3. The Kier molecular flexibility index (Phi) is 11.2. The first-order chi connectivity index (χ1) is 32.5. The summed E-state index contributed by atoms with van der Waals surface area (Å²) in [6.07, 6.45) is 2.05. The number of aryl methyl sites for hydroxylation is 1. The fraction of sp³-hybridized carbons (Fsp3) is 0.226. The fourth-order valence-corrected chi connectivity index (χ4v) is 10.7. The molecule has 1 aliphatic rings. The van der Waals surface area contributed by atoms with Crippen molar-refractivity contribution in [3.8, 4) is 23.0 Å². The van der Waals surface area contributed by atoms with E-state index in [0.29, 0.717) is 11.5 Å². The van der Waals surface area contributed by atoms with Crippen LogP contribution in [-0.2, 0) is 37.3 Å². The molecule has 0 spiro atoms. The monoisotopic (exact) mass is 1080 g/mol. The minimum Gasteiger partial charge on any atom is -0.509 e. The molecule has 69 heavy (non-hydrogen) atoms. The van der Waals surface area contributed by atoms with Crippen molar-refractivity contribution in [2.24, 2.45) is 0 Å². The maximum absolute atomic E-state index is 6.98. The van der Waals surface area contributed by atoms with Crippen LogP contribution < -0.4 is 14.5 Å². The average molecular weight is 1080 g/mol. The topological polar surface area (TPSA) is 38.5 Å². The van der Waals surface area contributed by atoms with Gasteiger partial charge in [-0.3, -0.25) is 0 Å². The van der Waals surface area contributed by atoms with E-state index in [9.17, 15) is 0 Å². The van der Waals surface area contributed by atoms with Gasteiger partial charge in [0, 0.05) is 72.0 Å². The van der Waals surface area contributed by atoms with Crippen molar-refractivity contribution in [3.05, 3.63) is 198 Å². The third-order valence-electron chi connectivity index (χ3n) is 14.2. The second-order valence-electron chi connectivity index (χ2n) is 21.2. The first kappa shape index (κ1) is 46.1. The van der Waals surface area contributed by atoms with Crippen molar-refractivity contribution in [2.45, 2.75) is 85.5 Å². The van der Waals surface area contributed by atoms with Crippen LogP contribution in [0.2, 0.25) is 0 Å². The molecule has 1 aliphatic heterocycles. The van der Waals surface area contributed by atoms with Crippen LogP contribution in [0, 0.1) is 32.6 Å². The van der Waals surface area contributed by atoms with Crippen LogP contribution in [-0.4, -0.2) is 21.2 Å².